The van der Waals surface area contributed by atoms with Crippen LogP contribution >= 0.6 is 0 Å². The second-order valence-electron chi connectivity index (χ2n) is 14.4. The first-order valence-electron chi connectivity index (χ1n) is 20.3. The van der Waals surface area contributed by atoms with Crippen molar-refractivity contribution < 1.29 is 18.0 Å². The van der Waals surface area contributed by atoms with Crippen LogP contribution in [0.4, 0.5) is 0 Å². The lowest BCUT2D eigenvalue weighted by Crippen LogP contribution is -2.62. The van der Waals surface area contributed by atoms with E-state index in [1.807, 2.05) is 0 Å². The second kappa shape index (κ2) is 21.7. The average Bonchev–Trinajstić information content (AvgIpc) is 3.10. The summed E-state index contributed by atoms with van der Waals surface area (Å²) in [5.41, 5.74) is 0. The molecule has 4 saturated carbocycles. The molecule has 0 atom stereocenters. The fourth-order valence-corrected chi connectivity index (χ4v) is 11.0. The third kappa shape index (κ3) is 12.5. The maximum absolute atomic E-state index is 6.35. The van der Waals surface area contributed by atoms with Crippen LogP contribution in [-0.4, -0.2) is 87.5 Å². The summed E-state index contributed by atoms with van der Waals surface area (Å²) in [6.07, 6.45) is 26.7. The SMILES string of the molecule is CCN=C(NC1CCCCC1)N(C1CCCCC1)[N+](CCC[Si](OCC)(OCC)OCC)=C(NC1CCCCC1)NC1CCCCC1. The molecule has 3 N–H and O–H groups in total. The molecule has 0 spiro atoms. The summed E-state index contributed by atoms with van der Waals surface area (Å²) < 4.78 is 21.7. The first-order chi connectivity index (χ1) is 23.1. The molecule has 0 aliphatic heterocycles. The van der Waals surface area contributed by atoms with Crippen LogP contribution < -0.4 is 16.0 Å². The molecular formula is C37H73N6O3Si+. The smallest absolute Gasteiger partial charge is 0.374 e. The van der Waals surface area contributed by atoms with Crippen LogP contribution in [0.3, 0.4) is 0 Å². The van der Waals surface area contributed by atoms with E-state index in [4.69, 9.17) is 18.3 Å². The normalized spacial score (nSPS) is 21.4. The summed E-state index contributed by atoms with van der Waals surface area (Å²) in [6.45, 7) is 11.9. The van der Waals surface area contributed by atoms with Crippen LogP contribution in [0.15, 0.2) is 4.99 Å². The summed E-state index contributed by atoms with van der Waals surface area (Å²) in [7, 11) is -2.77. The zero-order chi connectivity index (χ0) is 33.2. The van der Waals surface area contributed by atoms with Crippen molar-refractivity contribution in [3.05, 3.63) is 0 Å². The maximum atomic E-state index is 6.35. The molecule has 9 nitrogen and oxygen atoms in total. The van der Waals surface area contributed by atoms with Crippen molar-refractivity contribution in [1.29, 1.82) is 0 Å². The van der Waals surface area contributed by atoms with Gasteiger partial charge in [-0.05, 0) is 85.5 Å². The van der Waals surface area contributed by atoms with Crippen molar-refractivity contribution in [2.75, 3.05) is 32.9 Å². The Labute approximate surface area is 289 Å². The Morgan fingerprint density at radius 3 is 1.47 bits per heavy atom. The van der Waals surface area contributed by atoms with Gasteiger partial charge >= 0.3 is 14.8 Å². The van der Waals surface area contributed by atoms with Gasteiger partial charge in [0.2, 0.25) is 5.96 Å². The third-order valence-electron chi connectivity index (χ3n) is 10.7. The van der Waals surface area contributed by atoms with Crippen molar-refractivity contribution in [2.45, 2.75) is 193 Å². The van der Waals surface area contributed by atoms with Crippen LogP contribution in [0.1, 0.15) is 163 Å². The van der Waals surface area contributed by atoms with Crippen molar-refractivity contribution in [2.24, 2.45) is 4.99 Å². The summed E-state index contributed by atoms with van der Waals surface area (Å²) in [5, 5.41) is 15.0. The molecule has 4 rings (SSSR count). The molecule has 0 radical (unpaired) electrons. The van der Waals surface area contributed by atoms with E-state index in [1.165, 1.54) is 134 Å². The van der Waals surface area contributed by atoms with Gasteiger partial charge < -0.3 is 18.6 Å². The summed E-state index contributed by atoms with van der Waals surface area (Å²) in [6, 6.07) is 2.75. The Morgan fingerprint density at radius 1 is 0.617 bits per heavy atom. The highest BCUT2D eigenvalue weighted by molar-refractivity contribution is 6.60. The predicted octanol–water partition coefficient (Wildman–Crippen LogP) is 7.49. The van der Waals surface area contributed by atoms with E-state index < -0.39 is 8.80 Å². The third-order valence-corrected chi connectivity index (χ3v) is 13.9. The maximum Gasteiger partial charge on any atom is 0.501 e. The zero-order valence-electron chi connectivity index (χ0n) is 31.0. The molecular weight excluding hydrogens is 605 g/mol. The summed E-state index contributed by atoms with van der Waals surface area (Å²) in [5.74, 6) is 2.29. The minimum Gasteiger partial charge on any atom is -0.374 e. The standard InChI is InChI=1S/C37H72N6O3Si/c1-5-38-36(39-32-22-13-9-14-23-32)43(35-28-19-12-20-29-35)42(30-21-31-47(44-6-2,45-7-3)46-8-4)37(40-33-24-15-10-16-25-33)41-34-26-17-11-18-27-34/h32-35H,5-31H2,1-4H3,(H2,38,39,40,41)/p+1. The Morgan fingerprint density at radius 2 is 1.04 bits per heavy atom. The van der Waals surface area contributed by atoms with Gasteiger partial charge in [-0.3, -0.25) is 15.6 Å². The highest BCUT2D eigenvalue weighted by Gasteiger charge is 2.41. The van der Waals surface area contributed by atoms with Gasteiger partial charge in [0.15, 0.2) is 0 Å². The number of hydrogen-bond acceptors (Lipinski definition) is 4. The van der Waals surface area contributed by atoms with E-state index in [0.717, 1.165) is 31.5 Å². The summed E-state index contributed by atoms with van der Waals surface area (Å²) in [4.78, 5) is 5.29. The number of aliphatic imine (C=N–C) groups is 1. The number of hydrogen-bond donors (Lipinski definition) is 3. The minimum absolute atomic E-state index is 0.425. The molecule has 0 unspecified atom stereocenters. The number of nitrogens with zero attached hydrogens (tertiary/aromatic N) is 3. The molecule has 0 saturated heterocycles. The minimum atomic E-state index is -2.77. The first kappa shape index (κ1) is 38.4. The van der Waals surface area contributed by atoms with E-state index in [9.17, 15) is 0 Å². The van der Waals surface area contributed by atoms with Gasteiger partial charge in [-0.25, -0.2) is 0 Å². The van der Waals surface area contributed by atoms with Gasteiger partial charge in [0.25, 0.3) is 0 Å². The topological polar surface area (TPSA) is 82.4 Å². The van der Waals surface area contributed by atoms with Crippen molar-refractivity contribution in [3.8, 4) is 0 Å². The lowest BCUT2D eigenvalue weighted by atomic mass is 9.94. The van der Waals surface area contributed by atoms with Crippen LogP contribution in [0.25, 0.3) is 0 Å². The van der Waals surface area contributed by atoms with E-state index in [0.29, 0.717) is 44.0 Å². The Balaban J connectivity index is 1.76. The molecule has 47 heavy (non-hydrogen) atoms. The van der Waals surface area contributed by atoms with Gasteiger partial charge in [0.05, 0.1) is 24.7 Å². The lowest BCUT2D eigenvalue weighted by molar-refractivity contribution is -0.678. The highest BCUT2D eigenvalue weighted by Crippen LogP contribution is 2.27. The first-order valence-corrected chi connectivity index (χ1v) is 22.2. The molecule has 0 aromatic carbocycles. The molecule has 4 aliphatic rings. The summed E-state index contributed by atoms with van der Waals surface area (Å²) >= 11 is 0. The van der Waals surface area contributed by atoms with E-state index in [2.05, 4.69) is 53.3 Å². The van der Waals surface area contributed by atoms with Gasteiger partial charge in [-0.1, -0.05) is 77.0 Å². The molecule has 4 fully saturated rings. The fourth-order valence-electron chi connectivity index (χ4n) is 8.42. The van der Waals surface area contributed by atoms with Gasteiger partial charge in [-0.2, -0.15) is 9.69 Å². The van der Waals surface area contributed by atoms with Crippen molar-refractivity contribution >= 4 is 20.7 Å². The van der Waals surface area contributed by atoms with Crippen LogP contribution in [0, 0.1) is 0 Å². The average molecular weight is 678 g/mol. The molecule has 4 aliphatic carbocycles. The van der Waals surface area contributed by atoms with Gasteiger partial charge in [-0.15, -0.1) is 0 Å². The Kier molecular flexibility index (Phi) is 17.7. The zero-order valence-corrected chi connectivity index (χ0v) is 32.0. The van der Waals surface area contributed by atoms with Crippen molar-refractivity contribution in [3.63, 3.8) is 0 Å². The van der Waals surface area contributed by atoms with E-state index in [1.54, 1.807) is 0 Å². The second-order valence-corrected chi connectivity index (χ2v) is 17.2. The molecule has 0 bridgehead atoms. The van der Waals surface area contributed by atoms with Crippen LogP contribution in [0.2, 0.25) is 6.04 Å². The Hall–Kier alpha value is -1.36. The monoisotopic (exact) mass is 678 g/mol. The molecule has 272 valence electrons. The quantitative estimate of drug-likeness (QED) is 0.0514. The number of rotatable bonds is 16. The van der Waals surface area contributed by atoms with Crippen LogP contribution in [0.5, 0.6) is 0 Å². The Bertz CT molecular complexity index is 873. The number of nitrogens with one attached hydrogen (secondary N) is 3. The number of hydrazine groups is 1. The van der Waals surface area contributed by atoms with Gasteiger partial charge in [0.1, 0.15) is 0 Å². The lowest BCUT2D eigenvalue weighted by Gasteiger charge is -2.40. The molecule has 0 amide bonds. The van der Waals surface area contributed by atoms with Gasteiger partial charge in [0, 0.05) is 38.5 Å². The van der Waals surface area contributed by atoms with E-state index in [-0.39, 0.29) is 0 Å². The molecule has 0 aromatic heterocycles. The number of hydrazone groups is 1. The largest absolute Gasteiger partial charge is 0.501 e. The molecule has 0 aromatic rings. The molecule has 10 heteroatoms. The van der Waals surface area contributed by atoms with Crippen molar-refractivity contribution in [1.82, 2.24) is 21.0 Å². The highest BCUT2D eigenvalue weighted by atomic mass is 28.4. The predicted molar refractivity (Wildman–Crippen MR) is 197 cm³/mol. The molecule has 0 heterocycles. The number of guanidine groups is 2. The fraction of sp³-hybridized carbons (Fsp3) is 0.946. The van der Waals surface area contributed by atoms with Crippen LogP contribution in [-0.2, 0) is 13.3 Å². The van der Waals surface area contributed by atoms with E-state index >= 15 is 0 Å².